The maximum absolute atomic E-state index is 12.8. The van der Waals surface area contributed by atoms with Crippen LogP contribution in [0.25, 0.3) is 0 Å². The molecule has 0 aliphatic carbocycles. The van der Waals surface area contributed by atoms with E-state index in [1.807, 2.05) is 24.3 Å². The van der Waals surface area contributed by atoms with E-state index in [0.29, 0.717) is 49.8 Å². The highest BCUT2D eigenvalue weighted by Gasteiger charge is 2.34. The number of carbonyl (C=O) groups is 3. The van der Waals surface area contributed by atoms with E-state index in [9.17, 15) is 14.4 Å². The van der Waals surface area contributed by atoms with Gasteiger partial charge in [0.05, 0.1) is 25.0 Å². The number of amides is 3. The van der Waals surface area contributed by atoms with E-state index >= 15 is 0 Å². The maximum Gasteiger partial charge on any atom is 0.338 e. The second-order valence-corrected chi connectivity index (χ2v) is 8.06. The summed E-state index contributed by atoms with van der Waals surface area (Å²) in [6.45, 7) is 4.68. The second kappa shape index (κ2) is 9.91. The third-order valence-electron chi connectivity index (χ3n) is 6.05. The fourth-order valence-electron chi connectivity index (χ4n) is 4.18. The monoisotopic (exact) mass is 452 g/mol. The van der Waals surface area contributed by atoms with Crippen LogP contribution in [0.2, 0.25) is 0 Å². The summed E-state index contributed by atoms with van der Waals surface area (Å²) in [5.74, 6) is -0.310. The Morgan fingerprint density at radius 1 is 1.12 bits per heavy atom. The third-order valence-corrected chi connectivity index (χ3v) is 6.05. The molecule has 3 heterocycles. The van der Waals surface area contributed by atoms with Gasteiger partial charge >= 0.3 is 12.0 Å². The average Bonchev–Trinajstić information content (AvgIpc) is 3.38. The van der Waals surface area contributed by atoms with Gasteiger partial charge < -0.3 is 24.7 Å². The molecule has 0 saturated carbocycles. The second-order valence-electron chi connectivity index (χ2n) is 8.06. The van der Waals surface area contributed by atoms with E-state index in [-0.39, 0.29) is 11.9 Å². The van der Waals surface area contributed by atoms with Crippen LogP contribution in [0.4, 0.5) is 4.79 Å². The number of aryl methyl sites for hydroxylation is 1. The van der Waals surface area contributed by atoms with Gasteiger partial charge in [-0.25, -0.2) is 9.59 Å². The van der Waals surface area contributed by atoms with Crippen molar-refractivity contribution in [2.45, 2.75) is 19.4 Å². The van der Waals surface area contributed by atoms with E-state index in [1.54, 1.807) is 17.0 Å². The minimum Gasteiger partial charge on any atom is -0.466 e. The largest absolute Gasteiger partial charge is 0.466 e. The first kappa shape index (κ1) is 22.6. The van der Waals surface area contributed by atoms with Gasteiger partial charge in [0.1, 0.15) is 0 Å². The van der Waals surface area contributed by atoms with E-state index in [1.165, 1.54) is 18.9 Å². The number of methoxy groups -OCH3 is 1. The van der Waals surface area contributed by atoms with E-state index < -0.39 is 12.0 Å². The smallest absolute Gasteiger partial charge is 0.338 e. The Morgan fingerprint density at radius 2 is 1.85 bits per heavy atom. The van der Waals surface area contributed by atoms with Gasteiger partial charge in [0.2, 0.25) is 0 Å². The molecule has 2 aliphatic rings. The summed E-state index contributed by atoms with van der Waals surface area (Å²) < 4.78 is 10.3. The van der Waals surface area contributed by atoms with Gasteiger partial charge in [0.15, 0.2) is 5.76 Å². The predicted molar refractivity (Wildman–Crippen MR) is 120 cm³/mol. The molecule has 1 fully saturated rings. The minimum absolute atomic E-state index is 0.139. The van der Waals surface area contributed by atoms with Crippen molar-refractivity contribution in [2.24, 2.45) is 0 Å². The fourth-order valence-corrected chi connectivity index (χ4v) is 4.18. The zero-order chi connectivity index (χ0) is 23.4. The van der Waals surface area contributed by atoms with Crippen LogP contribution in [-0.4, -0.2) is 67.5 Å². The third kappa shape index (κ3) is 4.93. The lowest BCUT2D eigenvalue weighted by Crippen LogP contribution is -2.52. The Morgan fingerprint density at radius 3 is 2.45 bits per heavy atom. The van der Waals surface area contributed by atoms with Gasteiger partial charge in [0.25, 0.3) is 5.91 Å². The van der Waals surface area contributed by atoms with Crippen molar-refractivity contribution in [1.29, 1.82) is 0 Å². The van der Waals surface area contributed by atoms with Crippen molar-refractivity contribution < 1.29 is 23.5 Å². The highest BCUT2D eigenvalue weighted by molar-refractivity contribution is 5.95. The zero-order valence-electron chi connectivity index (χ0n) is 18.8. The number of hydrogen-bond acceptors (Lipinski definition) is 6. The average molecular weight is 453 g/mol. The van der Waals surface area contributed by atoms with Crippen LogP contribution in [0.5, 0.6) is 0 Å². The number of nitrogens with zero attached hydrogens (tertiary/aromatic N) is 2. The molecule has 1 atom stereocenters. The van der Waals surface area contributed by atoms with Gasteiger partial charge in [-0.1, -0.05) is 31.2 Å². The van der Waals surface area contributed by atoms with Gasteiger partial charge in [-0.2, -0.15) is 0 Å². The number of benzene rings is 1. The number of esters is 1. The number of piperazine rings is 1. The lowest BCUT2D eigenvalue weighted by Gasteiger charge is -2.36. The summed E-state index contributed by atoms with van der Waals surface area (Å²) in [6, 6.07) is 10.2. The summed E-state index contributed by atoms with van der Waals surface area (Å²) >= 11 is 0. The van der Waals surface area contributed by atoms with Gasteiger partial charge in [0, 0.05) is 38.4 Å². The molecule has 3 amide bonds. The summed E-state index contributed by atoms with van der Waals surface area (Å²) in [5, 5.41) is 5.65. The van der Waals surface area contributed by atoms with Crippen molar-refractivity contribution in [3.05, 3.63) is 70.8 Å². The van der Waals surface area contributed by atoms with E-state index in [0.717, 1.165) is 12.0 Å². The quantitative estimate of drug-likeness (QED) is 0.651. The SMILES string of the molecule is CCc1ccc([C@H]2NC(=O)NC(CN3CCN(C(=O)c4ccco4)CC3)=C2C(=O)OC)cc1. The highest BCUT2D eigenvalue weighted by Crippen LogP contribution is 2.28. The van der Waals surface area contributed by atoms with Crippen molar-refractivity contribution >= 4 is 17.9 Å². The minimum atomic E-state index is -0.603. The molecule has 0 radical (unpaired) electrons. The molecule has 1 aromatic carbocycles. The Hall–Kier alpha value is -3.59. The molecule has 0 bridgehead atoms. The number of urea groups is 1. The van der Waals surface area contributed by atoms with Gasteiger partial charge in [-0.3, -0.25) is 9.69 Å². The molecular formula is C24H28N4O5. The number of nitrogens with one attached hydrogen (secondary N) is 2. The molecule has 2 N–H and O–H groups in total. The Kier molecular flexibility index (Phi) is 6.79. The molecular weight excluding hydrogens is 424 g/mol. The first-order valence-corrected chi connectivity index (χ1v) is 11.0. The van der Waals surface area contributed by atoms with Gasteiger partial charge in [-0.05, 0) is 29.7 Å². The maximum atomic E-state index is 12.8. The van der Waals surface area contributed by atoms with E-state index in [2.05, 4.69) is 22.5 Å². The Bertz CT molecular complexity index is 1040. The molecule has 0 unspecified atom stereocenters. The molecule has 1 saturated heterocycles. The van der Waals surface area contributed by atoms with Crippen LogP contribution in [0.1, 0.15) is 34.6 Å². The highest BCUT2D eigenvalue weighted by atomic mass is 16.5. The zero-order valence-corrected chi connectivity index (χ0v) is 18.8. The summed E-state index contributed by atoms with van der Waals surface area (Å²) in [5.41, 5.74) is 2.88. The van der Waals surface area contributed by atoms with Crippen molar-refractivity contribution in [2.75, 3.05) is 39.8 Å². The summed E-state index contributed by atoms with van der Waals surface area (Å²) in [7, 11) is 1.33. The predicted octanol–water partition coefficient (Wildman–Crippen LogP) is 2.08. The van der Waals surface area contributed by atoms with Crippen LogP contribution in [-0.2, 0) is 16.0 Å². The number of ether oxygens (including phenoxy) is 1. The molecule has 1 aromatic heterocycles. The number of hydrogen-bond donors (Lipinski definition) is 2. The van der Waals surface area contributed by atoms with E-state index in [4.69, 9.17) is 9.15 Å². The Balaban J connectivity index is 1.52. The van der Waals surface area contributed by atoms with Crippen molar-refractivity contribution in [1.82, 2.24) is 20.4 Å². The number of furan rings is 1. The Labute approximate surface area is 192 Å². The standard InChI is InChI=1S/C24H28N4O5/c1-3-16-6-8-17(9-7-16)21-20(23(30)32-2)18(25-24(31)26-21)15-27-10-12-28(13-11-27)22(29)19-5-4-14-33-19/h4-9,14,21H,3,10-13,15H2,1-2H3,(H2,25,26,31)/t21-/m1/s1. The van der Waals surface area contributed by atoms with Crippen molar-refractivity contribution in [3.63, 3.8) is 0 Å². The summed E-state index contributed by atoms with van der Waals surface area (Å²) in [6.07, 6.45) is 2.38. The molecule has 2 aliphatic heterocycles. The first-order chi connectivity index (χ1) is 16.0. The van der Waals surface area contributed by atoms with Crippen molar-refractivity contribution in [3.8, 4) is 0 Å². The topological polar surface area (TPSA) is 104 Å². The number of rotatable bonds is 6. The molecule has 9 heteroatoms. The first-order valence-electron chi connectivity index (χ1n) is 11.0. The normalized spacial score (nSPS) is 19.2. The molecule has 4 rings (SSSR count). The van der Waals surface area contributed by atoms with Crippen LogP contribution in [0.15, 0.2) is 58.3 Å². The molecule has 2 aromatic rings. The van der Waals surface area contributed by atoms with Crippen LogP contribution in [0, 0.1) is 0 Å². The fraction of sp³-hybridized carbons (Fsp3) is 0.375. The van der Waals surface area contributed by atoms with Crippen LogP contribution >= 0.6 is 0 Å². The molecule has 33 heavy (non-hydrogen) atoms. The summed E-state index contributed by atoms with van der Waals surface area (Å²) in [4.78, 5) is 41.6. The molecule has 0 spiro atoms. The van der Waals surface area contributed by atoms with Crippen LogP contribution < -0.4 is 10.6 Å². The lowest BCUT2D eigenvalue weighted by atomic mass is 9.94. The molecule has 174 valence electrons. The lowest BCUT2D eigenvalue weighted by molar-refractivity contribution is -0.136. The number of carbonyl (C=O) groups excluding carboxylic acids is 3. The molecule has 9 nitrogen and oxygen atoms in total. The van der Waals surface area contributed by atoms with Crippen LogP contribution in [0.3, 0.4) is 0 Å². The van der Waals surface area contributed by atoms with Gasteiger partial charge in [-0.15, -0.1) is 0 Å².